The molecule has 3 heterocycles. The molecule has 9 nitrogen and oxygen atoms in total. The summed E-state index contributed by atoms with van der Waals surface area (Å²) in [6, 6.07) is 4.03. The van der Waals surface area contributed by atoms with Crippen molar-refractivity contribution in [2.45, 2.75) is 51.6 Å². The Morgan fingerprint density at radius 1 is 1.34 bits per heavy atom. The van der Waals surface area contributed by atoms with Crippen molar-refractivity contribution in [3.05, 3.63) is 51.7 Å². The summed E-state index contributed by atoms with van der Waals surface area (Å²) in [5, 5.41) is 8.09. The molecule has 32 heavy (non-hydrogen) atoms. The topological polar surface area (TPSA) is 107 Å². The molecule has 166 valence electrons. The molecule has 1 saturated carbocycles. The van der Waals surface area contributed by atoms with E-state index in [1.54, 1.807) is 11.6 Å². The van der Waals surface area contributed by atoms with E-state index in [9.17, 15) is 9.59 Å². The summed E-state index contributed by atoms with van der Waals surface area (Å²) in [5.74, 6) is -0.545. The lowest BCUT2D eigenvalue weighted by atomic mass is 9.96. The molecule has 1 amide bonds. The first-order valence-electron chi connectivity index (χ1n) is 10.7. The lowest BCUT2D eigenvalue weighted by molar-refractivity contribution is 0.0953. The molecule has 0 atom stereocenters. The van der Waals surface area contributed by atoms with E-state index in [4.69, 9.17) is 0 Å². The van der Waals surface area contributed by atoms with Gasteiger partial charge >= 0.3 is 0 Å². The van der Waals surface area contributed by atoms with Gasteiger partial charge in [-0.3, -0.25) is 19.3 Å². The molecule has 1 N–H and O–H groups in total. The maximum absolute atomic E-state index is 12.9. The summed E-state index contributed by atoms with van der Waals surface area (Å²) in [4.78, 5) is 37.7. The van der Waals surface area contributed by atoms with Crippen LogP contribution < -0.4 is 10.7 Å². The molecular weight excluding hydrogens is 406 g/mol. The molecule has 0 unspecified atom stereocenters. The normalized spacial score (nSPS) is 15.5. The van der Waals surface area contributed by atoms with Crippen molar-refractivity contribution in [3.8, 4) is 0 Å². The molecule has 1 aliphatic rings. The van der Waals surface area contributed by atoms with Crippen molar-refractivity contribution in [3.63, 3.8) is 0 Å². The molecule has 0 aliphatic heterocycles. The average Bonchev–Trinajstić information content (AvgIpc) is 3.41. The maximum Gasteiger partial charge on any atom is 0.275 e. The summed E-state index contributed by atoms with van der Waals surface area (Å²) in [6.07, 6.45) is 9.23. The van der Waals surface area contributed by atoms with Gasteiger partial charge in [0.2, 0.25) is 5.43 Å². The number of amides is 1. The SMILES string of the molecule is C=NC=Nc1c(C)n(CC2(n3cc(C)c4cccnc43)CCCC2)nc(C(=O)NC)c1=O. The van der Waals surface area contributed by atoms with Crippen molar-refractivity contribution in [2.24, 2.45) is 9.98 Å². The highest BCUT2D eigenvalue weighted by atomic mass is 16.2. The van der Waals surface area contributed by atoms with Crippen molar-refractivity contribution in [1.82, 2.24) is 24.6 Å². The highest BCUT2D eigenvalue weighted by Crippen LogP contribution is 2.41. The van der Waals surface area contributed by atoms with Crippen LogP contribution in [-0.2, 0) is 12.1 Å². The third-order valence-electron chi connectivity index (χ3n) is 6.34. The number of pyridine rings is 1. The van der Waals surface area contributed by atoms with E-state index in [1.165, 1.54) is 13.4 Å². The molecule has 4 rings (SSSR count). The van der Waals surface area contributed by atoms with Crippen molar-refractivity contribution < 1.29 is 4.79 Å². The molecule has 3 aromatic rings. The Bertz CT molecular complexity index is 1280. The number of nitrogens with one attached hydrogen (secondary N) is 1. The molecule has 1 fully saturated rings. The zero-order valence-electron chi connectivity index (χ0n) is 18.6. The van der Waals surface area contributed by atoms with E-state index in [1.807, 2.05) is 12.3 Å². The number of hydrogen-bond donors (Lipinski definition) is 1. The van der Waals surface area contributed by atoms with Crippen molar-refractivity contribution >= 4 is 35.7 Å². The van der Waals surface area contributed by atoms with Crippen LogP contribution in [0.15, 0.2) is 39.3 Å². The molecule has 1 aliphatic carbocycles. The third-order valence-corrected chi connectivity index (χ3v) is 6.34. The minimum Gasteiger partial charge on any atom is -0.354 e. The fourth-order valence-corrected chi connectivity index (χ4v) is 4.68. The van der Waals surface area contributed by atoms with Crippen LogP contribution >= 0.6 is 0 Å². The van der Waals surface area contributed by atoms with Gasteiger partial charge in [0.1, 0.15) is 17.7 Å². The second kappa shape index (κ2) is 8.49. The fraction of sp³-hybridized carbons (Fsp3) is 0.391. The number of aromatic nitrogens is 4. The summed E-state index contributed by atoms with van der Waals surface area (Å²) >= 11 is 0. The van der Waals surface area contributed by atoms with Crippen LogP contribution in [0.5, 0.6) is 0 Å². The van der Waals surface area contributed by atoms with Gasteiger partial charge in [-0.2, -0.15) is 5.10 Å². The average molecular weight is 434 g/mol. The van der Waals surface area contributed by atoms with E-state index < -0.39 is 11.3 Å². The molecule has 0 aromatic carbocycles. The highest BCUT2D eigenvalue weighted by molar-refractivity contribution is 5.92. The van der Waals surface area contributed by atoms with Gasteiger partial charge in [-0.15, -0.1) is 0 Å². The Kier molecular flexibility index (Phi) is 5.73. The van der Waals surface area contributed by atoms with Crippen LogP contribution in [0.4, 0.5) is 5.69 Å². The summed E-state index contributed by atoms with van der Waals surface area (Å²) in [7, 11) is 1.47. The fourth-order valence-electron chi connectivity index (χ4n) is 4.68. The van der Waals surface area contributed by atoms with E-state index in [-0.39, 0.29) is 16.9 Å². The van der Waals surface area contributed by atoms with Crippen molar-refractivity contribution in [2.75, 3.05) is 7.05 Å². The van der Waals surface area contributed by atoms with Gasteiger partial charge in [-0.1, -0.05) is 12.8 Å². The van der Waals surface area contributed by atoms with Crippen molar-refractivity contribution in [1.29, 1.82) is 0 Å². The molecule has 3 aromatic heterocycles. The van der Waals surface area contributed by atoms with Gasteiger partial charge in [-0.05, 0) is 51.1 Å². The predicted molar refractivity (Wildman–Crippen MR) is 125 cm³/mol. The number of carbonyl (C=O) groups is 1. The third kappa shape index (κ3) is 3.53. The smallest absolute Gasteiger partial charge is 0.275 e. The maximum atomic E-state index is 12.9. The Labute approximate surface area is 185 Å². The van der Waals surface area contributed by atoms with E-state index in [0.717, 1.165) is 42.3 Å². The van der Waals surface area contributed by atoms with Gasteiger partial charge in [0.05, 0.1) is 17.8 Å². The lowest BCUT2D eigenvalue weighted by Crippen LogP contribution is -2.38. The number of fused-ring (bicyclic) bond motifs is 1. The van der Waals surface area contributed by atoms with E-state index in [2.05, 4.69) is 55.9 Å². The molecule has 0 bridgehead atoms. The number of aliphatic imine (C=N–C) groups is 2. The van der Waals surface area contributed by atoms with Crippen LogP contribution in [0.1, 0.15) is 47.4 Å². The Balaban J connectivity index is 1.90. The Morgan fingerprint density at radius 2 is 2.09 bits per heavy atom. The molecule has 9 heteroatoms. The zero-order chi connectivity index (χ0) is 22.9. The first-order valence-corrected chi connectivity index (χ1v) is 10.7. The van der Waals surface area contributed by atoms with Crippen LogP contribution in [0, 0.1) is 13.8 Å². The van der Waals surface area contributed by atoms with Crippen LogP contribution in [0.3, 0.4) is 0 Å². The zero-order valence-corrected chi connectivity index (χ0v) is 18.6. The minimum atomic E-state index is -0.545. The van der Waals surface area contributed by atoms with Gasteiger partial charge in [0.25, 0.3) is 5.91 Å². The second-order valence-electron chi connectivity index (χ2n) is 8.26. The summed E-state index contributed by atoms with van der Waals surface area (Å²) in [6.45, 7) is 7.75. The number of rotatable bonds is 6. The Morgan fingerprint density at radius 3 is 2.78 bits per heavy atom. The van der Waals surface area contributed by atoms with Crippen LogP contribution in [-0.4, -0.2) is 45.3 Å². The standard InChI is InChI=1S/C23H27N7O2/c1-15-12-29(21-17(15)8-7-11-26-21)23(9-5-6-10-23)13-30-16(2)18(27-14-24-3)20(31)19(28-30)22(32)25-4/h7-8,11-12,14H,3,5-6,9-10,13H2,1-2,4H3,(H,25,32). The molecule has 0 spiro atoms. The van der Waals surface area contributed by atoms with Gasteiger partial charge in [0, 0.05) is 24.8 Å². The first-order chi connectivity index (χ1) is 15.4. The second-order valence-corrected chi connectivity index (χ2v) is 8.26. The van der Waals surface area contributed by atoms with Gasteiger partial charge < -0.3 is 9.88 Å². The number of nitrogens with zero attached hydrogens (tertiary/aromatic N) is 6. The lowest BCUT2D eigenvalue weighted by Gasteiger charge is -2.33. The number of aryl methyl sites for hydroxylation is 1. The largest absolute Gasteiger partial charge is 0.354 e. The van der Waals surface area contributed by atoms with Gasteiger partial charge in [0.15, 0.2) is 5.69 Å². The monoisotopic (exact) mass is 433 g/mol. The highest BCUT2D eigenvalue weighted by Gasteiger charge is 2.38. The van der Waals surface area contributed by atoms with Crippen LogP contribution in [0.2, 0.25) is 0 Å². The van der Waals surface area contributed by atoms with Gasteiger partial charge in [-0.25, -0.2) is 9.98 Å². The molecular formula is C23H27N7O2. The van der Waals surface area contributed by atoms with E-state index >= 15 is 0 Å². The minimum absolute atomic E-state index is 0.144. The summed E-state index contributed by atoms with van der Waals surface area (Å²) < 4.78 is 3.99. The van der Waals surface area contributed by atoms with Crippen LogP contribution in [0.25, 0.3) is 11.0 Å². The molecule has 0 radical (unpaired) electrons. The Hall–Kier alpha value is -3.62. The molecule has 0 saturated heterocycles. The predicted octanol–water partition coefficient (Wildman–Crippen LogP) is 2.90. The quantitative estimate of drug-likeness (QED) is 0.476. The van der Waals surface area contributed by atoms with E-state index in [0.29, 0.717) is 12.2 Å². The number of hydrogen-bond acceptors (Lipinski definition) is 5. The first kappa shape index (κ1) is 21.6. The summed E-state index contributed by atoms with van der Waals surface area (Å²) in [5.41, 5.74) is 1.84. The number of carbonyl (C=O) groups excluding carboxylic acids is 1.